The van der Waals surface area contributed by atoms with E-state index in [1.54, 1.807) is 0 Å². The molecule has 3 aromatic heterocycles. The number of carbonyl (C=O) groups is 1. The van der Waals surface area contributed by atoms with Crippen LogP contribution in [0.25, 0.3) is 17.2 Å². The summed E-state index contributed by atoms with van der Waals surface area (Å²) in [6, 6.07) is 14.1. The van der Waals surface area contributed by atoms with Crippen LogP contribution < -0.4 is 0 Å². The molecular formula is C20H19N3O. The fourth-order valence-corrected chi connectivity index (χ4v) is 3.35. The lowest BCUT2D eigenvalue weighted by Crippen LogP contribution is -2.13. The largest absolute Gasteiger partial charge is 0.303 e. The molecule has 120 valence electrons. The van der Waals surface area contributed by atoms with Crippen molar-refractivity contribution in [1.82, 2.24) is 14.5 Å². The van der Waals surface area contributed by atoms with Crippen LogP contribution in [0.2, 0.25) is 0 Å². The van der Waals surface area contributed by atoms with Gasteiger partial charge in [0.15, 0.2) is 5.78 Å². The van der Waals surface area contributed by atoms with Gasteiger partial charge < -0.3 is 4.57 Å². The maximum absolute atomic E-state index is 12.1. The van der Waals surface area contributed by atoms with Crippen molar-refractivity contribution in [3.05, 3.63) is 65.1 Å². The third kappa shape index (κ3) is 2.44. The van der Waals surface area contributed by atoms with Crippen molar-refractivity contribution < 1.29 is 4.79 Å². The van der Waals surface area contributed by atoms with Crippen LogP contribution in [0.4, 0.5) is 0 Å². The molecule has 4 nitrogen and oxygen atoms in total. The zero-order valence-corrected chi connectivity index (χ0v) is 13.9. The normalized spacial score (nSPS) is 13.8. The quantitative estimate of drug-likeness (QED) is 0.716. The summed E-state index contributed by atoms with van der Waals surface area (Å²) in [6.45, 7) is 4.13. The zero-order chi connectivity index (χ0) is 16.7. The van der Waals surface area contributed by atoms with Gasteiger partial charge in [0.05, 0.1) is 11.4 Å². The first-order valence-electron chi connectivity index (χ1n) is 8.29. The van der Waals surface area contributed by atoms with E-state index in [0.29, 0.717) is 12.1 Å². The van der Waals surface area contributed by atoms with Crippen molar-refractivity contribution in [2.24, 2.45) is 0 Å². The number of hydrogen-bond donors (Lipinski definition) is 0. The van der Waals surface area contributed by atoms with Gasteiger partial charge in [-0.2, -0.15) is 0 Å². The van der Waals surface area contributed by atoms with Crippen LogP contribution >= 0.6 is 0 Å². The van der Waals surface area contributed by atoms with Gasteiger partial charge in [-0.1, -0.05) is 12.1 Å². The van der Waals surface area contributed by atoms with Gasteiger partial charge in [-0.15, -0.1) is 0 Å². The van der Waals surface area contributed by atoms with Crippen LogP contribution in [0.15, 0.2) is 42.5 Å². The number of hydrogen-bond acceptors (Lipinski definition) is 3. The van der Waals surface area contributed by atoms with E-state index in [1.165, 1.54) is 0 Å². The molecule has 0 amide bonds. The Labute approximate surface area is 141 Å². The average molecular weight is 317 g/mol. The molecule has 0 atom stereocenters. The highest BCUT2D eigenvalue weighted by Crippen LogP contribution is 2.24. The van der Waals surface area contributed by atoms with E-state index in [2.05, 4.69) is 35.5 Å². The second-order valence-corrected chi connectivity index (χ2v) is 6.31. The molecule has 4 heteroatoms. The van der Waals surface area contributed by atoms with Crippen LogP contribution in [0.1, 0.15) is 40.3 Å². The molecule has 0 fully saturated rings. The number of aromatic nitrogens is 3. The number of fused-ring (bicyclic) bond motifs is 1. The molecule has 4 rings (SSSR count). The number of ketones is 1. The maximum atomic E-state index is 12.1. The third-order valence-corrected chi connectivity index (χ3v) is 4.59. The molecule has 0 N–H and O–H groups in total. The van der Waals surface area contributed by atoms with Crippen LogP contribution in [0.3, 0.4) is 0 Å². The fraction of sp³-hybridized carbons (Fsp3) is 0.250. The summed E-state index contributed by atoms with van der Waals surface area (Å²) >= 11 is 0. The highest BCUT2D eigenvalue weighted by Gasteiger charge is 2.19. The van der Waals surface area contributed by atoms with E-state index in [-0.39, 0.29) is 5.78 Å². The lowest BCUT2D eigenvalue weighted by Gasteiger charge is -2.15. The van der Waals surface area contributed by atoms with Gasteiger partial charge in [0.2, 0.25) is 0 Å². The third-order valence-electron chi connectivity index (χ3n) is 4.59. The Morgan fingerprint density at radius 2 is 1.62 bits per heavy atom. The number of pyridine rings is 2. The van der Waals surface area contributed by atoms with E-state index < -0.39 is 0 Å². The highest BCUT2D eigenvalue weighted by atomic mass is 16.1. The second-order valence-electron chi connectivity index (χ2n) is 6.31. The van der Waals surface area contributed by atoms with E-state index in [0.717, 1.165) is 47.0 Å². The lowest BCUT2D eigenvalue weighted by molar-refractivity contribution is 0.0967. The Kier molecular flexibility index (Phi) is 3.53. The minimum absolute atomic E-state index is 0.145. The standard InChI is InChI=1S/C20H19N3O/c1-13-9-10-14(2)23(13)19-8-4-6-16(21-19)17-12-11-15-5-3-7-18(24)20(15)22-17/h4,6,8-12H,3,5,7H2,1-2H3. The minimum atomic E-state index is 0.145. The first-order chi connectivity index (χ1) is 11.6. The summed E-state index contributed by atoms with van der Waals surface area (Å²) in [5.74, 6) is 1.02. The molecule has 1 aliphatic rings. The number of Topliss-reactive ketones (excluding diaryl/α,β-unsaturated/α-hetero) is 1. The Hall–Kier alpha value is -2.75. The smallest absolute Gasteiger partial charge is 0.181 e. The maximum Gasteiger partial charge on any atom is 0.181 e. The van der Waals surface area contributed by atoms with Crippen LogP contribution in [0, 0.1) is 13.8 Å². The molecule has 1 aliphatic carbocycles. The van der Waals surface area contributed by atoms with E-state index in [9.17, 15) is 4.79 Å². The summed E-state index contributed by atoms with van der Waals surface area (Å²) in [6.07, 6.45) is 2.45. The molecule has 24 heavy (non-hydrogen) atoms. The average Bonchev–Trinajstić information content (AvgIpc) is 2.94. The second kappa shape index (κ2) is 5.71. The lowest BCUT2D eigenvalue weighted by atomic mass is 9.94. The number of aryl methyl sites for hydroxylation is 3. The molecule has 0 bridgehead atoms. The molecule has 0 radical (unpaired) electrons. The molecule has 0 spiro atoms. The van der Waals surface area contributed by atoms with Gasteiger partial charge in [0.25, 0.3) is 0 Å². The summed E-state index contributed by atoms with van der Waals surface area (Å²) < 4.78 is 2.12. The molecule has 0 aliphatic heterocycles. The summed E-state index contributed by atoms with van der Waals surface area (Å²) in [5.41, 5.74) is 5.52. The van der Waals surface area contributed by atoms with E-state index >= 15 is 0 Å². The van der Waals surface area contributed by atoms with Crippen LogP contribution in [-0.2, 0) is 6.42 Å². The molecule has 0 aromatic carbocycles. The van der Waals surface area contributed by atoms with Gasteiger partial charge >= 0.3 is 0 Å². The molecule has 0 saturated carbocycles. The zero-order valence-electron chi connectivity index (χ0n) is 13.9. The van der Waals surface area contributed by atoms with Crippen molar-refractivity contribution in [3.63, 3.8) is 0 Å². The SMILES string of the molecule is Cc1ccc(C)n1-c1cccc(-c2ccc3c(n2)C(=O)CCC3)n1. The van der Waals surface area contributed by atoms with Crippen LogP contribution in [0.5, 0.6) is 0 Å². The Morgan fingerprint density at radius 3 is 2.42 bits per heavy atom. The predicted molar refractivity (Wildman–Crippen MR) is 93.5 cm³/mol. The summed E-state index contributed by atoms with van der Waals surface area (Å²) in [4.78, 5) is 21.5. The van der Waals surface area contributed by atoms with Gasteiger partial charge in [-0.05, 0) is 62.6 Å². The molecule has 0 unspecified atom stereocenters. The van der Waals surface area contributed by atoms with Crippen molar-refractivity contribution >= 4 is 5.78 Å². The van der Waals surface area contributed by atoms with E-state index in [1.807, 2.05) is 30.3 Å². The molecule has 3 aromatic rings. The number of rotatable bonds is 2. The fourth-order valence-electron chi connectivity index (χ4n) is 3.35. The van der Waals surface area contributed by atoms with Gasteiger partial charge in [0.1, 0.15) is 11.5 Å². The first kappa shape index (κ1) is 14.8. The van der Waals surface area contributed by atoms with Crippen LogP contribution in [-0.4, -0.2) is 20.3 Å². The van der Waals surface area contributed by atoms with Crippen molar-refractivity contribution in [1.29, 1.82) is 0 Å². The Morgan fingerprint density at radius 1 is 0.875 bits per heavy atom. The van der Waals surface area contributed by atoms with Gasteiger partial charge in [-0.3, -0.25) is 4.79 Å². The topological polar surface area (TPSA) is 47.8 Å². The van der Waals surface area contributed by atoms with Gasteiger partial charge in [-0.25, -0.2) is 9.97 Å². The van der Waals surface area contributed by atoms with E-state index in [4.69, 9.17) is 4.98 Å². The summed E-state index contributed by atoms with van der Waals surface area (Å²) in [5, 5.41) is 0. The van der Waals surface area contributed by atoms with Crippen molar-refractivity contribution in [2.45, 2.75) is 33.1 Å². The van der Waals surface area contributed by atoms with Crippen molar-refractivity contribution in [2.75, 3.05) is 0 Å². The number of nitrogens with zero attached hydrogens (tertiary/aromatic N) is 3. The molecule has 0 saturated heterocycles. The minimum Gasteiger partial charge on any atom is -0.303 e. The summed E-state index contributed by atoms with van der Waals surface area (Å²) in [7, 11) is 0. The Bertz CT molecular complexity index is 920. The molecule has 3 heterocycles. The van der Waals surface area contributed by atoms with Crippen molar-refractivity contribution in [3.8, 4) is 17.2 Å². The highest BCUT2D eigenvalue weighted by molar-refractivity contribution is 5.97. The molecular weight excluding hydrogens is 298 g/mol. The Balaban J connectivity index is 1.80. The predicted octanol–water partition coefficient (Wildman–Crippen LogP) is 4.07. The number of carbonyl (C=O) groups excluding carboxylic acids is 1. The van der Waals surface area contributed by atoms with Gasteiger partial charge in [0, 0.05) is 17.8 Å². The first-order valence-corrected chi connectivity index (χ1v) is 8.29. The monoisotopic (exact) mass is 317 g/mol.